The predicted octanol–water partition coefficient (Wildman–Crippen LogP) is 3.50. The summed E-state index contributed by atoms with van der Waals surface area (Å²) in [6.07, 6.45) is 0. The normalized spacial score (nSPS) is 10.8. The minimum Gasteiger partial charge on any atom is -0.373 e. The van der Waals surface area contributed by atoms with Gasteiger partial charge in [0.25, 0.3) is 0 Å². The minimum atomic E-state index is 0.645. The lowest BCUT2D eigenvalue weighted by atomic mass is 10.2. The average molecular weight is 254 g/mol. The van der Waals surface area contributed by atoms with Crippen molar-refractivity contribution in [1.82, 2.24) is 0 Å². The van der Waals surface area contributed by atoms with Crippen molar-refractivity contribution >= 4 is 17.1 Å². The Morgan fingerprint density at radius 3 is 2.05 bits per heavy atom. The van der Waals surface area contributed by atoms with Gasteiger partial charge in [0, 0.05) is 25.8 Å². The Hall–Kier alpha value is -2.20. The molecule has 4 nitrogen and oxygen atoms in total. The molecule has 0 unspecified atom stereocenters. The molecule has 2 aromatic carbocycles. The summed E-state index contributed by atoms with van der Waals surface area (Å²) in [7, 11) is 2.02. The molecule has 0 fully saturated rings. The van der Waals surface area contributed by atoms with E-state index in [1.807, 2.05) is 61.6 Å². The first-order valence-electron chi connectivity index (χ1n) is 6.27. The van der Waals surface area contributed by atoms with Crippen LogP contribution in [-0.4, -0.2) is 20.1 Å². The van der Waals surface area contributed by atoms with Crippen molar-refractivity contribution in [2.24, 2.45) is 16.0 Å². The highest BCUT2D eigenvalue weighted by molar-refractivity contribution is 5.52. The molecule has 19 heavy (non-hydrogen) atoms. The van der Waals surface area contributed by atoms with Crippen molar-refractivity contribution in [2.75, 3.05) is 25.0 Å². The molecule has 2 N–H and O–H groups in total. The van der Waals surface area contributed by atoms with Gasteiger partial charge in [0.05, 0.1) is 11.4 Å². The van der Waals surface area contributed by atoms with Gasteiger partial charge in [0.2, 0.25) is 0 Å². The maximum Gasteiger partial charge on any atom is 0.0858 e. The van der Waals surface area contributed by atoms with Crippen molar-refractivity contribution in [3.8, 4) is 0 Å². The summed E-state index contributed by atoms with van der Waals surface area (Å²) < 4.78 is 0. The Morgan fingerprint density at radius 1 is 0.895 bits per heavy atom. The standard InChI is InChI=1S/C15H18N4/c1-19(12-11-16)15-9-7-14(8-10-15)18-17-13-5-3-2-4-6-13/h2-10H,11-12,16H2,1H3. The van der Waals surface area contributed by atoms with Gasteiger partial charge in [-0.3, -0.25) is 0 Å². The van der Waals surface area contributed by atoms with Gasteiger partial charge >= 0.3 is 0 Å². The molecule has 0 saturated heterocycles. The van der Waals surface area contributed by atoms with Crippen LogP contribution in [0.5, 0.6) is 0 Å². The lowest BCUT2D eigenvalue weighted by Gasteiger charge is -2.17. The molecule has 0 saturated carbocycles. The maximum atomic E-state index is 5.53. The second-order valence-corrected chi connectivity index (χ2v) is 4.26. The summed E-state index contributed by atoms with van der Waals surface area (Å²) in [5.41, 5.74) is 8.36. The molecule has 0 atom stereocenters. The number of hydrogen-bond donors (Lipinski definition) is 1. The fourth-order valence-electron chi connectivity index (χ4n) is 1.71. The highest BCUT2D eigenvalue weighted by Gasteiger charge is 1.99. The van der Waals surface area contributed by atoms with Crippen LogP contribution in [0.1, 0.15) is 0 Å². The van der Waals surface area contributed by atoms with Gasteiger partial charge in [-0.25, -0.2) is 0 Å². The topological polar surface area (TPSA) is 54.0 Å². The number of nitrogens with zero attached hydrogens (tertiary/aromatic N) is 3. The lowest BCUT2D eigenvalue weighted by molar-refractivity contribution is 0.886. The smallest absolute Gasteiger partial charge is 0.0858 e. The van der Waals surface area contributed by atoms with Gasteiger partial charge in [0.15, 0.2) is 0 Å². The van der Waals surface area contributed by atoms with Crippen LogP contribution in [0.3, 0.4) is 0 Å². The molecule has 0 aliphatic rings. The fourth-order valence-corrected chi connectivity index (χ4v) is 1.71. The maximum absolute atomic E-state index is 5.53. The first-order chi connectivity index (χ1) is 9.29. The molecule has 0 amide bonds. The van der Waals surface area contributed by atoms with E-state index in [4.69, 9.17) is 5.73 Å². The van der Waals surface area contributed by atoms with Crippen LogP contribution in [0, 0.1) is 0 Å². The molecular formula is C15H18N4. The zero-order valence-corrected chi connectivity index (χ0v) is 11.0. The molecule has 0 aromatic heterocycles. The Labute approximate surface area is 113 Å². The number of azo groups is 1. The monoisotopic (exact) mass is 254 g/mol. The molecule has 0 aliphatic carbocycles. The summed E-state index contributed by atoms with van der Waals surface area (Å²) in [6, 6.07) is 17.6. The molecule has 98 valence electrons. The third kappa shape index (κ3) is 3.89. The van der Waals surface area contributed by atoms with E-state index >= 15 is 0 Å². The highest BCUT2D eigenvalue weighted by atomic mass is 15.1. The van der Waals surface area contributed by atoms with Gasteiger partial charge in [-0.15, -0.1) is 0 Å². The van der Waals surface area contributed by atoms with Crippen LogP contribution >= 0.6 is 0 Å². The Morgan fingerprint density at radius 2 is 1.47 bits per heavy atom. The van der Waals surface area contributed by atoms with Crippen molar-refractivity contribution in [2.45, 2.75) is 0 Å². The molecule has 0 radical (unpaired) electrons. The van der Waals surface area contributed by atoms with E-state index in [2.05, 4.69) is 15.1 Å². The van der Waals surface area contributed by atoms with E-state index in [1.165, 1.54) is 0 Å². The van der Waals surface area contributed by atoms with Crippen molar-refractivity contribution < 1.29 is 0 Å². The van der Waals surface area contributed by atoms with Gasteiger partial charge in [-0.1, -0.05) is 18.2 Å². The second-order valence-electron chi connectivity index (χ2n) is 4.26. The molecule has 4 heteroatoms. The predicted molar refractivity (Wildman–Crippen MR) is 79.4 cm³/mol. The van der Waals surface area contributed by atoms with Gasteiger partial charge in [-0.05, 0) is 36.4 Å². The minimum absolute atomic E-state index is 0.645. The van der Waals surface area contributed by atoms with Crippen molar-refractivity contribution in [1.29, 1.82) is 0 Å². The molecule has 0 bridgehead atoms. The number of likely N-dealkylation sites (N-methyl/N-ethyl adjacent to an activating group) is 1. The van der Waals surface area contributed by atoms with Crippen LogP contribution in [0.25, 0.3) is 0 Å². The summed E-state index contributed by atoms with van der Waals surface area (Å²) >= 11 is 0. The molecule has 0 heterocycles. The Bertz CT molecular complexity index is 520. The zero-order valence-electron chi connectivity index (χ0n) is 11.0. The van der Waals surface area contributed by atoms with Gasteiger partial charge in [0.1, 0.15) is 0 Å². The lowest BCUT2D eigenvalue weighted by Crippen LogP contribution is -2.24. The summed E-state index contributed by atoms with van der Waals surface area (Å²) in [4.78, 5) is 2.11. The van der Waals surface area contributed by atoms with E-state index in [-0.39, 0.29) is 0 Å². The summed E-state index contributed by atoms with van der Waals surface area (Å²) in [5, 5.41) is 8.38. The van der Waals surface area contributed by atoms with Crippen molar-refractivity contribution in [3.05, 3.63) is 54.6 Å². The summed E-state index contributed by atoms with van der Waals surface area (Å²) in [6.45, 7) is 1.48. The molecule has 2 rings (SSSR count). The van der Waals surface area contributed by atoms with Crippen molar-refractivity contribution in [3.63, 3.8) is 0 Å². The Balaban J connectivity index is 2.05. The number of hydrogen-bond acceptors (Lipinski definition) is 4. The first kappa shape index (κ1) is 13.2. The fraction of sp³-hybridized carbons (Fsp3) is 0.200. The van der Waals surface area contributed by atoms with Crippen LogP contribution in [0.15, 0.2) is 64.8 Å². The number of rotatable bonds is 5. The number of anilines is 1. The quantitative estimate of drug-likeness (QED) is 0.830. The average Bonchev–Trinajstić information content (AvgIpc) is 2.47. The van der Waals surface area contributed by atoms with E-state index in [0.29, 0.717) is 6.54 Å². The second kappa shape index (κ2) is 6.66. The third-order valence-electron chi connectivity index (χ3n) is 2.79. The van der Waals surface area contributed by atoms with Crippen LogP contribution in [0.4, 0.5) is 17.1 Å². The summed E-state index contributed by atoms with van der Waals surface area (Å²) in [5.74, 6) is 0. The van der Waals surface area contributed by atoms with Crippen LogP contribution in [-0.2, 0) is 0 Å². The Kier molecular flexibility index (Phi) is 4.64. The van der Waals surface area contributed by atoms with E-state index in [9.17, 15) is 0 Å². The largest absolute Gasteiger partial charge is 0.373 e. The van der Waals surface area contributed by atoms with Crippen LogP contribution < -0.4 is 10.6 Å². The third-order valence-corrected chi connectivity index (χ3v) is 2.79. The SMILES string of the molecule is CN(CCN)c1ccc(N=Nc2ccccc2)cc1. The van der Waals surface area contributed by atoms with Gasteiger partial charge in [-0.2, -0.15) is 10.2 Å². The number of benzene rings is 2. The van der Waals surface area contributed by atoms with Crippen LogP contribution in [0.2, 0.25) is 0 Å². The molecule has 0 spiro atoms. The van der Waals surface area contributed by atoms with Gasteiger partial charge < -0.3 is 10.6 Å². The van der Waals surface area contributed by atoms with E-state index in [0.717, 1.165) is 23.6 Å². The molecular weight excluding hydrogens is 236 g/mol. The molecule has 0 aliphatic heterocycles. The number of nitrogens with two attached hydrogens (primary N) is 1. The molecule has 2 aromatic rings. The van der Waals surface area contributed by atoms with E-state index in [1.54, 1.807) is 0 Å². The zero-order chi connectivity index (χ0) is 13.5. The first-order valence-corrected chi connectivity index (χ1v) is 6.27. The van der Waals surface area contributed by atoms with E-state index < -0.39 is 0 Å². The highest BCUT2D eigenvalue weighted by Crippen LogP contribution is 2.21.